The lowest BCUT2D eigenvalue weighted by Gasteiger charge is -2.65. The number of hydrogen-bond acceptors (Lipinski definition) is 7. The Labute approximate surface area is 202 Å². The fraction of sp³-hybridized carbons (Fsp3) is 0.852. The number of aliphatic hydroxyl groups is 4. The quantitative estimate of drug-likeness (QED) is 0.358. The standard InChI is InChI=1S/C27H41NO6/c1-3-18(14-29)28-16-25-9-4-19(30)13-26(25,32)10-6-22-21(25)5-8-24(2)20(7-11-27(22,24)33)17-12-23(31)34-15-17/h12,16,18-22,29-30,32-33H,3-11,13-15H2,1-2H3/t18-,19+,20+,21+,22-,24-,25+,26-,27+/m1/s1. The Morgan fingerprint density at radius 1 is 1.15 bits per heavy atom. The van der Waals surface area contributed by atoms with Crippen molar-refractivity contribution in [3.8, 4) is 0 Å². The minimum absolute atomic E-state index is 0.0195. The first-order valence-electron chi connectivity index (χ1n) is 13.3. The summed E-state index contributed by atoms with van der Waals surface area (Å²) in [6.07, 6.45) is 9.79. The van der Waals surface area contributed by atoms with Gasteiger partial charge in [-0.3, -0.25) is 4.99 Å². The average molecular weight is 476 g/mol. The van der Waals surface area contributed by atoms with Crippen molar-refractivity contribution in [2.24, 2.45) is 33.6 Å². The number of esters is 1. The zero-order chi connectivity index (χ0) is 24.4. The van der Waals surface area contributed by atoms with E-state index in [9.17, 15) is 25.2 Å². The lowest BCUT2D eigenvalue weighted by atomic mass is 9.41. The van der Waals surface area contributed by atoms with Crippen molar-refractivity contribution < 1.29 is 30.0 Å². The molecule has 5 rings (SSSR count). The zero-order valence-electron chi connectivity index (χ0n) is 20.6. The van der Waals surface area contributed by atoms with Crippen molar-refractivity contribution in [3.63, 3.8) is 0 Å². The Bertz CT molecular complexity index is 884. The van der Waals surface area contributed by atoms with Gasteiger partial charge in [-0.15, -0.1) is 0 Å². The molecule has 9 atom stereocenters. The van der Waals surface area contributed by atoms with Crippen LogP contribution in [0.25, 0.3) is 0 Å². The number of rotatable bonds is 5. The minimum atomic E-state index is -1.06. The maximum Gasteiger partial charge on any atom is 0.331 e. The molecule has 4 N–H and O–H groups in total. The summed E-state index contributed by atoms with van der Waals surface area (Å²) < 4.78 is 5.22. The highest BCUT2D eigenvalue weighted by Gasteiger charge is 2.71. The third-order valence-electron chi connectivity index (χ3n) is 10.8. The van der Waals surface area contributed by atoms with Gasteiger partial charge in [0.05, 0.1) is 30.0 Å². The number of fused-ring (bicyclic) bond motifs is 5. The molecule has 4 aliphatic carbocycles. The van der Waals surface area contributed by atoms with Gasteiger partial charge in [0, 0.05) is 29.5 Å². The summed E-state index contributed by atoms with van der Waals surface area (Å²) in [4.78, 5) is 16.5. The van der Waals surface area contributed by atoms with Gasteiger partial charge in [-0.05, 0) is 81.1 Å². The monoisotopic (exact) mass is 475 g/mol. The van der Waals surface area contributed by atoms with E-state index >= 15 is 0 Å². The number of nitrogens with zero attached hydrogens (tertiary/aromatic N) is 1. The number of carbonyl (C=O) groups excluding carboxylic acids is 1. The van der Waals surface area contributed by atoms with Crippen molar-refractivity contribution in [3.05, 3.63) is 11.6 Å². The molecule has 0 amide bonds. The van der Waals surface area contributed by atoms with Gasteiger partial charge >= 0.3 is 5.97 Å². The maximum absolute atomic E-state index is 12.4. The van der Waals surface area contributed by atoms with E-state index in [2.05, 4.69) is 6.92 Å². The molecule has 7 nitrogen and oxygen atoms in total. The Balaban J connectivity index is 1.53. The van der Waals surface area contributed by atoms with Gasteiger partial charge in [0.25, 0.3) is 0 Å². The smallest absolute Gasteiger partial charge is 0.331 e. The van der Waals surface area contributed by atoms with Crippen LogP contribution in [-0.2, 0) is 9.53 Å². The van der Waals surface area contributed by atoms with Gasteiger partial charge in [-0.2, -0.15) is 0 Å². The summed E-state index contributed by atoms with van der Waals surface area (Å²) in [6, 6.07) is -0.203. The van der Waals surface area contributed by atoms with E-state index in [1.165, 1.54) is 0 Å². The fourth-order valence-electron chi connectivity index (χ4n) is 8.88. The van der Waals surface area contributed by atoms with Crippen LogP contribution in [0.3, 0.4) is 0 Å². The van der Waals surface area contributed by atoms with Crippen molar-refractivity contribution in [2.45, 2.75) is 101 Å². The second-order valence-electron chi connectivity index (χ2n) is 12.0. The van der Waals surface area contributed by atoms with Crippen LogP contribution in [-0.4, -0.2) is 69.2 Å². The third kappa shape index (κ3) is 3.30. The lowest BCUT2D eigenvalue weighted by molar-refractivity contribution is -0.237. The zero-order valence-corrected chi connectivity index (χ0v) is 20.6. The number of aliphatic hydroxyl groups excluding tert-OH is 2. The molecule has 1 heterocycles. The minimum Gasteiger partial charge on any atom is -0.458 e. The summed E-state index contributed by atoms with van der Waals surface area (Å²) in [5, 5.41) is 44.6. The molecule has 0 bridgehead atoms. The highest BCUT2D eigenvalue weighted by Crippen LogP contribution is 2.70. The van der Waals surface area contributed by atoms with Gasteiger partial charge in [0.1, 0.15) is 6.61 Å². The molecule has 4 fully saturated rings. The molecule has 4 saturated carbocycles. The summed E-state index contributed by atoms with van der Waals surface area (Å²) in [7, 11) is 0. The molecule has 0 spiro atoms. The first-order chi connectivity index (χ1) is 16.1. The molecule has 34 heavy (non-hydrogen) atoms. The van der Waals surface area contributed by atoms with Gasteiger partial charge < -0.3 is 25.2 Å². The average Bonchev–Trinajstić information content (AvgIpc) is 3.34. The van der Waals surface area contributed by atoms with Crippen LogP contribution in [0.2, 0.25) is 0 Å². The van der Waals surface area contributed by atoms with E-state index in [0.717, 1.165) is 31.3 Å². The van der Waals surface area contributed by atoms with E-state index in [1.807, 2.05) is 13.1 Å². The van der Waals surface area contributed by atoms with Crippen molar-refractivity contribution in [1.29, 1.82) is 0 Å². The van der Waals surface area contributed by atoms with Crippen LogP contribution in [0, 0.1) is 28.6 Å². The number of hydrogen-bond donors (Lipinski definition) is 4. The van der Waals surface area contributed by atoms with E-state index in [1.54, 1.807) is 6.08 Å². The maximum atomic E-state index is 12.4. The highest BCUT2D eigenvalue weighted by molar-refractivity contribution is 5.85. The molecule has 0 aromatic heterocycles. The molecule has 7 heteroatoms. The summed E-state index contributed by atoms with van der Waals surface area (Å²) in [5.74, 6) is -0.0740. The Morgan fingerprint density at radius 2 is 1.91 bits per heavy atom. The number of ether oxygens (including phenoxy) is 1. The number of cyclic esters (lactones) is 1. The molecular weight excluding hydrogens is 434 g/mol. The molecule has 0 saturated heterocycles. The second-order valence-corrected chi connectivity index (χ2v) is 12.0. The topological polar surface area (TPSA) is 120 Å². The summed E-state index contributed by atoms with van der Waals surface area (Å²) in [5.41, 5.74) is -1.88. The van der Waals surface area contributed by atoms with E-state index in [4.69, 9.17) is 9.73 Å². The molecule has 0 radical (unpaired) electrons. The SMILES string of the molecule is CC[C@H](CO)N=C[C@]12CC[C@H](O)C[C@]1(O)CC[C@@H]1[C@@H]2CC[C@]2(C)[C@H](C3=CC(=O)OC3)CC[C@]12O. The Kier molecular flexibility index (Phi) is 6.03. The lowest BCUT2D eigenvalue weighted by Crippen LogP contribution is -2.68. The number of carbonyl (C=O) groups is 1. The highest BCUT2D eigenvalue weighted by atomic mass is 16.5. The van der Waals surface area contributed by atoms with Crippen LogP contribution < -0.4 is 0 Å². The second kappa shape index (κ2) is 8.39. The Hall–Kier alpha value is -1.28. The molecule has 190 valence electrons. The van der Waals surface area contributed by atoms with Crippen LogP contribution in [0.15, 0.2) is 16.6 Å². The van der Waals surface area contributed by atoms with Gasteiger partial charge in [0.2, 0.25) is 0 Å². The number of aliphatic imine (C=N–C) groups is 1. The molecular formula is C27H41NO6. The van der Waals surface area contributed by atoms with E-state index < -0.39 is 22.7 Å². The molecule has 1 aliphatic heterocycles. The Morgan fingerprint density at radius 3 is 2.59 bits per heavy atom. The van der Waals surface area contributed by atoms with Crippen LogP contribution in [0.4, 0.5) is 0 Å². The fourth-order valence-corrected chi connectivity index (χ4v) is 8.88. The van der Waals surface area contributed by atoms with E-state index in [-0.39, 0.29) is 41.8 Å². The predicted molar refractivity (Wildman–Crippen MR) is 127 cm³/mol. The van der Waals surface area contributed by atoms with Crippen molar-refractivity contribution in [1.82, 2.24) is 0 Å². The third-order valence-corrected chi connectivity index (χ3v) is 10.8. The van der Waals surface area contributed by atoms with Gasteiger partial charge in [-0.25, -0.2) is 4.79 Å². The van der Waals surface area contributed by atoms with Crippen molar-refractivity contribution >= 4 is 12.2 Å². The van der Waals surface area contributed by atoms with Crippen LogP contribution >= 0.6 is 0 Å². The molecule has 0 aromatic rings. The predicted octanol–water partition coefficient (Wildman–Crippen LogP) is 2.54. The van der Waals surface area contributed by atoms with Gasteiger partial charge in [0.15, 0.2) is 0 Å². The molecule has 0 unspecified atom stereocenters. The molecule has 0 aromatic carbocycles. The van der Waals surface area contributed by atoms with Crippen LogP contribution in [0.5, 0.6) is 0 Å². The van der Waals surface area contributed by atoms with Crippen molar-refractivity contribution in [2.75, 3.05) is 13.2 Å². The van der Waals surface area contributed by atoms with Crippen LogP contribution in [0.1, 0.15) is 78.1 Å². The normalized spacial score (nSPS) is 49.2. The first-order valence-corrected chi connectivity index (χ1v) is 13.3. The summed E-state index contributed by atoms with van der Waals surface area (Å²) in [6.45, 7) is 4.49. The first kappa shape index (κ1) is 24.4. The summed E-state index contributed by atoms with van der Waals surface area (Å²) >= 11 is 0. The van der Waals surface area contributed by atoms with Gasteiger partial charge in [-0.1, -0.05) is 13.8 Å². The van der Waals surface area contributed by atoms with E-state index in [0.29, 0.717) is 45.1 Å². The molecule has 5 aliphatic rings. The largest absolute Gasteiger partial charge is 0.458 e.